The topological polar surface area (TPSA) is 24.4 Å². The van der Waals surface area contributed by atoms with Gasteiger partial charge in [0, 0.05) is 0 Å². The first-order chi connectivity index (χ1) is 10.1. The molecule has 1 aliphatic heterocycles. The molecule has 21 heavy (non-hydrogen) atoms. The van der Waals surface area contributed by atoms with Crippen LogP contribution in [-0.2, 0) is 0 Å². The van der Waals surface area contributed by atoms with E-state index in [0.717, 1.165) is 11.7 Å². The Bertz CT molecular complexity index is 689. The molecule has 0 bridgehead atoms. The van der Waals surface area contributed by atoms with Gasteiger partial charge in [-0.3, -0.25) is 4.99 Å². The highest BCUT2D eigenvalue weighted by molar-refractivity contribution is 8.14. The van der Waals surface area contributed by atoms with Gasteiger partial charge in [0.05, 0.1) is 32.5 Å². The molecule has 108 valence electrons. The molecule has 1 atom stereocenters. The lowest BCUT2D eigenvalue weighted by atomic mass is 10.1. The number of thioether (sulfide) groups is 1. The Labute approximate surface area is 142 Å². The molecule has 6 heteroatoms. The van der Waals surface area contributed by atoms with E-state index in [1.54, 1.807) is 23.9 Å². The summed E-state index contributed by atoms with van der Waals surface area (Å²) in [6.07, 6.45) is 0. The Morgan fingerprint density at radius 1 is 1.00 bits per heavy atom. The minimum atomic E-state index is 0.329. The van der Waals surface area contributed by atoms with Crippen LogP contribution in [-0.4, -0.2) is 11.7 Å². The molecule has 0 spiro atoms. The number of halogens is 3. The van der Waals surface area contributed by atoms with Crippen molar-refractivity contribution < 1.29 is 0 Å². The third-order valence-electron chi connectivity index (χ3n) is 3.08. The van der Waals surface area contributed by atoms with Gasteiger partial charge < -0.3 is 5.32 Å². The van der Waals surface area contributed by atoms with E-state index < -0.39 is 0 Å². The van der Waals surface area contributed by atoms with Crippen molar-refractivity contribution in [3.63, 3.8) is 0 Å². The lowest BCUT2D eigenvalue weighted by molar-refractivity contribution is 0.966. The highest BCUT2D eigenvalue weighted by atomic mass is 35.5. The molecule has 0 saturated heterocycles. The average molecular weight is 358 g/mol. The van der Waals surface area contributed by atoms with Crippen LogP contribution in [0.15, 0.2) is 47.5 Å². The zero-order valence-corrected chi connectivity index (χ0v) is 13.9. The van der Waals surface area contributed by atoms with Gasteiger partial charge in [0.1, 0.15) is 0 Å². The second-order valence-corrected chi connectivity index (χ2v) is 6.95. The van der Waals surface area contributed by atoms with Crippen molar-refractivity contribution in [2.75, 3.05) is 11.9 Å². The quantitative estimate of drug-likeness (QED) is 0.676. The number of nitrogens with zero attached hydrogens (tertiary/aromatic N) is 1. The fraction of sp³-hybridized carbons (Fsp3) is 0.133. The molecule has 1 N–H and O–H groups in total. The Kier molecular flexibility index (Phi) is 4.65. The summed E-state index contributed by atoms with van der Waals surface area (Å²) < 4.78 is 0. The summed E-state index contributed by atoms with van der Waals surface area (Å²) in [5, 5.41) is 5.81. The third kappa shape index (κ3) is 3.49. The summed E-state index contributed by atoms with van der Waals surface area (Å²) in [7, 11) is 0. The van der Waals surface area contributed by atoms with E-state index in [4.69, 9.17) is 34.8 Å². The summed E-state index contributed by atoms with van der Waals surface area (Å²) in [6, 6.07) is 13.7. The summed E-state index contributed by atoms with van der Waals surface area (Å²) in [5.74, 6) is 0. The molecule has 0 aliphatic carbocycles. The molecule has 1 heterocycles. The molecular weight excluding hydrogens is 347 g/mol. The van der Waals surface area contributed by atoms with Gasteiger partial charge in [-0.15, -0.1) is 0 Å². The summed E-state index contributed by atoms with van der Waals surface area (Å²) in [4.78, 5) is 4.52. The lowest BCUT2D eigenvalue weighted by Gasteiger charge is -2.11. The number of amidine groups is 1. The molecule has 0 amide bonds. The van der Waals surface area contributed by atoms with Crippen molar-refractivity contribution in [1.29, 1.82) is 0 Å². The number of hydrogen-bond donors (Lipinski definition) is 1. The number of anilines is 1. The molecule has 1 unspecified atom stereocenters. The fourth-order valence-electron chi connectivity index (χ4n) is 2.02. The second kappa shape index (κ2) is 6.49. The van der Waals surface area contributed by atoms with Crippen LogP contribution < -0.4 is 5.32 Å². The van der Waals surface area contributed by atoms with Gasteiger partial charge in [-0.25, -0.2) is 0 Å². The highest BCUT2D eigenvalue weighted by Crippen LogP contribution is 2.37. The smallest absolute Gasteiger partial charge is 0.161 e. The van der Waals surface area contributed by atoms with Crippen LogP contribution >= 0.6 is 46.6 Å². The molecule has 0 aromatic heterocycles. The van der Waals surface area contributed by atoms with E-state index >= 15 is 0 Å². The summed E-state index contributed by atoms with van der Waals surface area (Å²) >= 11 is 19.8. The lowest BCUT2D eigenvalue weighted by Crippen LogP contribution is -2.06. The van der Waals surface area contributed by atoms with E-state index in [1.807, 2.05) is 18.2 Å². The highest BCUT2D eigenvalue weighted by Gasteiger charge is 2.21. The van der Waals surface area contributed by atoms with Crippen LogP contribution in [0.25, 0.3) is 0 Å². The van der Waals surface area contributed by atoms with Crippen LogP contribution in [0, 0.1) is 0 Å². The van der Waals surface area contributed by atoms with E-state index in [9.17, 15) is 0 Å². The maximum Gasteiger partial charge on any atom is 0.161 e. The summed E-state index contributed by atoms with van der Waals surface area (Å²) in [5.41, 5.74) is 1.98. The minimum Gasteiger partial charge on any atom is -0.334 e. The van der Waals surface area contributed by atoms with Crippen molar-refractivity contribution in [1.82, 2.24) is 0 Å². The van der Waals surface area contributed by atoms with Gasteiger partial charge in [-0.05, 0) is 17.7 Å². The SMILES string of the molecule is Clc1cc(Cl)c(NC2=NCC(c3ccccc3)S2)cc1Cl. The maximum atomic E-state index is 6.16. The van der Waals surface area contributed by atoms with Gasteiger partial charge in [0.25, 0.3) is 0 Å². The number of nitrogens with one attached hydrogen (secondary N) is 1. The monoisotopic (exact) mass is 356 g/mol. The van der Waals surface area contributed by atoms with Gasteiger partial charge in [-0.2, -0.15) is 0 Å². The molecule has 0 saturated carbocycles. The molecule has 2 aromatic carbocycles. The first-order valence-corrected chi connectivity index (χ1v) is 8.32. The van der Waals surface area contributed by atoms with Gasteiger partial charge in [0.2, 0.25) is 0 Å². The largest absolute Gasteiger partial charge is 0.334 e. The van der Waals surface area contributed by atoms with Gasteiger partial charge in [-0.1, -0.05) is 76.9 Å². The zero-order chi connectivity index (χ0) is 14.8. The zero-order valence-electron chi connectivity index (χ0n) is 10.8. The van der Waals surface area contributed by atoms with Crippen molar-refractivity contribution in [3.8, 4) is 0 Å². The Hall–Kier alpha value is -0.870. The van der Waals surface area contributed by atoms with E-state index in [1.165, 1.54) is 5.56 Å². The molecule has 0 radical (unpaired) electrons. The van der Waals surface area contributed by atoms with Crippen LogP contribution in [0.4, 0.5) is 5.69 Å². The number of aliphatic imine (C=N–C) groups is 1. The number of rotatable bonds is 2. The fourth-order valence-corrected chi connectivity index (χ4v) is 3.64. The average Bonchev–Trinajstić information content (AvgIpc) is 2.94. The normalized spacial score (nSPS) is 17.7. The third-order valence-corrected chi connectivity index (χ3v) is 5.27. The predicted octanol–water partition coefficient (Wildman–Crippen LogP) is 5.90. The Morgan fingerprint density at radius 3 is 2.48 bits per heavy atom. The number of benzene rings is 2. The molecular formula is C15H11Cl3N2S. The Morgan fingerprint density at radius 2 is 1.71 bits per heavy atom. The molecule has 3 rings (SSSR count). The van der Waals surface area contributed by atoms with E-state index in [2.05, 4.69) is 22.4 Å². The first kappa shape index (κ1) is 15.0. The van der Waals surface area contributed by atoms with Crippen molar-refractivity contribution in [3.05, 3.63) is 63.1 Å². The Balaban J connectivity index is 1.72. The van der Waals surface area contributed by atoms with Crippen LogP contribution in [0.3, 0.4) is 0 Å². The predicted molar refractivity (Wildman–Crippen MR) is 94.2 cm³/mol. The van der Waals surface area contributed by atoms with Crippen LogP contribution in [0.2, 0.25) is 15.1 Å². The number of hydrogen-bond acceptors (Lipinski definition) is 3. The van der Waals surface area contributed by atoms with Crippen LogP contribution in [0.5, 0.6) is 0 Å². The first-order valence-electron chi connectivity index (χ1n) is 6.31. The van der Waals surface area contributed by atoms with E-state index in [0.29, 0.717) is 26.0 Å². The second-order valence-electron chi connectivity index (χ2n) is 4.53. The summed E-state index contributed by atoms with van der Waals surface area (Å²) in [6.45, 7) is 0.746. The standard InChI is InChI=1S/C15H11Cl3N2S/c16-10-6-12(18)13(7-11(10)17)20-15-19-8-14(21-15)9-4-2-1-3-5-9/h1-7,14H,8H2,(H,19,20). The molecule has 1 aliphatic rings. The minimum absolute atomic E-state index is 0.329. The molecule has 2 aromatic rings. The molecule has 0 fully saturated rings. The van der Waals surface area contributed by atoms with Crippen molar-refractivity contribution in [2.24, 2.45) is 4.99 Å². The van der Waals surface area contributed by atoms with Crippen LogP contribution in [0.1, 0.15) is 10.8 Å². The van der Waals surface area contributed by atoms with E-state index in [-0.39, 0.29) is 0 Å². The van der Waals surface area contributed by atoms with Gasteiger partial charge >= 0.3 is 0 Å². The van der Waals surface area contributed by atoms with Gasteiger partial charge in [0.15, 0.2) is 5.17 Å². The van der Waals surface area contributed by atoms with Crippen molar-refractivity contribution >= 4 is 57.4 Å². The van der Waals surface area contributed by atoms with Crippen molar-refractivity contribution in [2.45, 2.75) is 5.25 Å². The maximum absolute atomic E-state index is 6.16. The molecule has 2 nitrogen and oxygen atoms in total.